The van der Waals surface area contributed by atoms with Crippen LogP contribution in [0.5, 0.6) is 34.5 Å². The number of unbranched alkanes of at least 4 members (excludes halogenated alkanes) is 1. The van der Waals surface area contributed by atoms with Crippen molar-refractivity contribution in [3.05, 3.63) is 80.2 Å². The van der Waals surface area contributed by atoms with Crippen molar-refractivity contribution in [2.75, 3.05) is 47.9 Å². The third kappa shape index (κ3) is 7.29. The Morgan fingerprint density at radius 3 is 2.22 bits per heavy atom. The summed E-state index contributed by atoms with van der Waals surface area (Å²) in [5, 5.41) is 10.2. The standard InChI is InChI=1S/C36H35N3O9S/c1-20-10-9-11-21(14-20)30-24(19-37)35(41)39-36(38-30)49-13-8-7-12-47-34-31(40)29-25(43-3)17-23(42-2)18-26(29)48-32(34)22-15-27(44-4)33(46-6)28(16-22)45-5/h9-11,14-18H,7-8,12-13H2,1-6H3,(H,38,39,41). The van der Waals surface area contributed by atoms with Crippen molar-refractivity contribution in [2.24, 2.45) is 0 Å². The highest BCUT2D eigenvalue weighted by Gasteiger charge is 2.24. The van der Waals surface area contributed by atoms with Crippen LogP contribution < -0.4 is 39.4 Å². The Morgan fingerprint density at radius 2 is 1.59 bits per heavy atom. The molecule has 0 aliphatic rings. The van der Waals surface area contributed by atoms with Crippen LogP contribution in [0.1, 0.15) is 24.0 Å². The number of nitrogens with one attached hydrogen (secondary N) is 1. The molecular weight excluding hydrogens is 650 g/mol. The van der Waals surface area contributed by atoms with Crippen molar-refractivity contribution in [1.29, 1.82) is 5.26 Å². The van der Waals surface area contributed by atoms with Gasteiger partial charge in [-0.05, 0) is 38.0 Å². The second-order valence-electron chi connectivity index (χ2n) is 10.7. The van der Waals surface area contributed by atoms with E-state index in [1.807, 2.05) is 37.3 Å². The van der Waals surface area contributed by atoms with E-state index in [1.165, 1.54) is 47.3 Å². The molecule has 2 aromatic heterocycles. The van der Waals surface area contributed by atoms with Crippen molar-refractivity contribution >= 4 is 22.7 Å². The van der Waals surface area contributed by atoms with E-state index in [4.69, 9.17) is 32.8 Å². The van der Waals surface area contributed by atoms with E-state index in [1.54, 1.807) is 24.3 Å². The van der Waals surface area contributed by atoms with Crippen LogP contribution in [0.3, 0.4) is 0 Å². The topological polar surface area (TPSA) is 155 Å². The van der Waals surface area contributed by atoms with Crippen LogP contribution in [0.4, 0.5) is 0 Å². The molecule has 13 heteroatoms. The number of nitrogens with zero attached hydrogens (tertiary/aromatic N) is 2. The number of aromatic nitrogens is 2. The number of ether oxygens (including phenoxy) is 6. The number of H-pyrrole nitrogens is 1. The molecule has 0 aliphatic carbocycles. The van der Waals surface area contributed by atoms with E-state index < -0.39 is 11.0 Å². The van der Waals surface area contributed by atoms with Crippen molar-refractivity contribution in [1.82, 2.24) is 9.97 Å². The molecule has 49 heavy (non-hydrogen) atoms. The third-order valence-corrected chi connectivity index (χ3v) is 8.56. The number of fused-ring (bicyclic) bond motifs is 1. The molecule has 0 saturated heterocycles. The van der Waals surface area contributed by atoms with Crippen molar-refractivity contribution < 1.29 is 32.8 Å². The van der Waals surface area contributed by atoms with E-state index in [0.717, 1.165) is 5.56 Å². The van der Waals surface area contributed by atoms with Gasteiger partial charge in [0.05, 0.1) is 47.8 Å². The van der Waals surface area contributed by atoms with Gasteiger partial charge in [-0.2, -0.15) is 5.26 Å². The van der Waals surface area contributed by atoms with Gasteiger partial charge in [-0.1, -0.05) is 35.5 Å². The fourth-order valence-electron chi connectivity index (χ4n) is 5.23. The second kappa shape index (κ2) is 15.5. The van der Waals surface area contributed by atoms with Gasteiger partial charge in [0.1, 0.15) is 34.1 Å². The molecule has 0 atom stereocenters. The minimum absolute atomic E-state index is 0.0150. The normalized spacial score (nSPS) is 10.8. The molecular formula is C36H35N3O9S. The van der Waals surface area contributed by atoms with Crippen LogP contribution in [0.25, 0.3) is 33.6 Å². The largest absolute Gasteiger partial charge is 0.496 e. The molecule has 0 radical (unpaired) electrons. The number of nitriles is 1. The molecule has 0 spiro atoms. The molecule has 0 saturated carbocycles. The molecule has 0 fully saturated rings. The van der Waals surface area contributed by atoms with Crippen LogP contribution >= 0.6 is 11.8 Å². The Balaban J connectivity index is 1.40. The molecule has 5 aromatic rings. The highest BCUT2D eigenvalue weighted by atomic mass is 32.2. The van der Waals surface area contributed by atoms with E-state index in [2.05, 4.69) is 9.97 Å². The SMILES string of the molecule is COc1cc(OC)c2c(=O)c(OCCCCSc3nc(-c4cccc(C)c4)c(C#N)c(=O)[nH]3)c(-c3cc(OC)c(OC)c(OC)c3)oc2c1. The van der Waals surface area contributed by atoms with Crippen molar-refractivity contribution in [3.63, 3.8) is 0 Å². The number of hydrogen-bond donors (Lipinski definition) is 1. The maximum atomic E-state index is 14.0. The molecule has 1 N–H and O–H groups in total. The zero-order valence-corrected chi connectivity index (χ0v) is 28.7. The predicted octanol–water partition coefficient (Wildman–Crippen LogP) is 6.38. The monoisotopic (exact) mass is 685 g/mol. The molecule has 3 aromatic carbocycles. The molecule has 0 amide bonds. The Bertz CT molecular complexity index is 2130. The number of hydrogen-bond acceptors (Lipinski definition) is 12. The van der Waals surface area contributed by atoms with Gasteiger partial charge in [-0.3, -0.25) is 9.59 Å². The average molecular weight is 686 g/mol. The van der Waals surface area contributed by atoms with Crippen LogP contribution in [-0.4, -0.2) is 57.9 Å². The summed E-state index contributed by atoms with van der Waals surface area (Å²) in [6.45, 7) is 2.11. The summed E-state index contributed by atoms with van der Waals surface area (Å²) in [4.78, 5) is 34.0. The zero-order chi connectivity index (χ0) is 35.1. The first-order chi connectivity index (χ1) is 23.8. The van der Waals surface area contributed by atoms with Crippen molar-refractivity contribution in [2.45, 2.75) is 24.9 Å². The summed E-state index contributed by atoms with van der Waals surface area (Å²) in [5.74, 6) is 2.56. The average Bonchev–Trinajstić information content (AvgIpc) is 3.12. The molecule has 0 aliphatic heterocycles. The highest BCUT2D eigenvalue weighted by Crippen LogP contribution is 2.44. The second-order valence-corrected chi connectivity index (χ2v) is 11.8. The van der Waals surface area contributed by atoms with Gasteiger partial charge in [0.25, 0.3) is 5.56 Å². The Labute approximate surface area is 286 Å². The lowest BCUT2D eigenvalue weighted by Crippen LogP contribution is -2.15. The maximum absolute atomic E-state index is 14.0. The van der Waals surface area contributed by atoms with Crippen LogP contribution in [0.15, 0.2) is 67.7 Å². The smallest absolute Gasteiger partial charge is 0.270 e. The minimum Gasteiger partial charge on any atom is -0.496 e. The zero-order valence-electron chi connectivity index (χ0n) is 27.9. The van der Waals surface area contributed by atoms with Gasteiger partial charge in [0.2, 0.25) is 16.9 Å². The van der Waals surface area contributed by atoms with Crippen LogP contribution in [0, 0.1) is 18.3 Å². The first-order valence-corrected chi connectivity index (χ1v) is 16.2. The van der Waals surface area contributed by atoms with E-state index >= 15 is 0 Å². The van der Waals surface area contributed by atoms with Crippen LogP contribution in [-0.2, 0) is 0 Å². The van der Waals surface area contributed by atoms with E-state index in [9.17, 15) is 14.9 Å². The summed E-state index contributed by atoms with van der Waals surface area (Å²) in [6.07, 6.45) is 1.22. The summed E-state index contributed by atoms with van der Waals surface area (Å²) < 4.78 is 40.0. The number of rotatable bonds is 14. The Morgan fingerprint density at radius 1 is 0.857 bits per heavy atom. The lowest BCUT2D eigenvalue weighted by molar-refractivity contribution is 0.301. The van der Waals surface area contributed by atoms with Crippen LogP contribution in [0.2, 0.25) is 0 Å². The molecule has 5 rings (SSSR count). The first kappa shape index (κ1) is 34.7. The number of benzene rings is 3. The fourth-order valence-corrected chi connectivity index (χ4v) is 6.09. The maximum Gasteiger partial charge on any atom is 0.270 e. The summed E-state index contributed by atoms with van der Waals surface area (Å²) in [5.41, 5.74) is 1.78. The van der Waals surface area contributed by atoms with E-state index in [-0.39, 0.29) is 40.4 Å². The Kier molecular flexibility index (Phi) is 11.0. The van der Waals surface area contributed by atoms with E-state index in [0.29, 0.717) is 63.6 Å². The number of thioether (sulfide) groups is 1. The number of aryl methyl sites for hydroxylation is 1. The molecule has 2 heterocycles. The molecule has 0 unspecified atom stereocenters. The summed E-state index contributed by atoms with van der Waals surface area (Å²) in [6, 6.07) is 16.0. The summed E-state index contributed by atoms with van der Waals surface area (Å²) in [7, 11) is 7.45. The predicted molar refractivity (Wildman–Crippen MR) is 186 cm³/mol. The van der Waals surface area contributed by atoms with Crippen molar-refractivity contribution in [3.8, 4) is 63.1 Å². The molecule has 0 bridgehead atoms. The van der Waals surface area contributed by atoms with Gasteiger partial charge in [0.15, 0.2) is 22.4 Å². The molecule has 254 valence electrons. The quantitative estimate of drug-likeness (QED) is 0.0783. The fraction of sp³-hybridized carbons (Fsp3) is 0.278. The van der Waals surface area contributed by atoms with Gasteiger partial charge in [-0.25, -0.2) is 4.98 Å². The lowest BCUT2D eigenvalue weighted by atomic mass is 10.1. The lowest BCUT2D eigenvalue weighted by Gasteiger charge is -2.17. The third-order valence-electron chi connectivity index (χ3n) is 7.60. The molecule has 12 nitrogen and oxygen atoms in total. The minimum atomic E-state index is -0.491. The highest BCUT2D eigenvalue weighted by molar-refractivity contribution is 7.99. The van der Waals surface area contributed by atoms with Gasteiger partial charge >= 0.3 is 0 Å². The van der Waals surface area contributed by atoms with Gasteiger partial charge < -0.3 is 37.8 Å². The number of aromatic amines is 1. The van der Waals surface area contributed by atoms with Gasteiger partial charge in [0, 0.05) is 29.0 Å². The Hall–Kier alpha value is -5.61. The number of methoxy groups -OCH3 is 5. The summed E-state index contributed by atoms with van der Waals surface area (Å²) >= 11 is 1.36. The van der Waals surface area contributed by atoms with Gasteiger partial charge in [-0.15, -0.1) is 0 Å². The first-order valence-electron chi connectivity index (χ1n) is 15.2.